The molecular formula is C13H18F2O6S. The molecule has 0 spiro atoms. The molecule has 4 fully saturated rings. The second-order valence-electron chi connectivity index (χ2n) is 6.95. The van der Waals surface area contributed by atoms with E-state index >= 15 is 0 Å². The monoisotopic (exact) mass is 340 g/mol. The van der Waals surface area contributed by atoms with Gasteiger partial charge < -0.3 is 9.84 Å². The molecule has 126 valence electrons. The Hall–Kier alpha value is -0.800. The number of rotatable bonds is 4. The Morgan fingerprint density at radius 1 is 1.23 bits per heavy atom. The maximum absolute atomic E-state index is 13.1. The lowest BCUT2D eigenvalue weighted by Gasteiger charge is -2.57. The normalized spacial score (nSPS) is 40.7. The number of aliphatic hydroxyl groups is 1. The van der Waals surface area contributed by atoms with Crippen molar-refractivity contribution in [2.75, 3.05) is 6.61 Å². The molecule has 0 amide bonds. The summed E-state index contributed by atoms with van der Waals surface area (Å²) in [5, 5.41) is 5.45. The van der Waals surface area contributed by atoms with E-state index in [0.717, 1.165) is 19.3 Å². The van der Waals surface area contributed by atoms with Crippen LogP contribution < -0.4 is 0 Å². The third-order valence-electron chi connectivity index (χ3n) is 5.40. The molecule has 4 saturated carbocycles. The molecule has 2 atom stereocenters. The number of halogens is 2. The van der Waals surface area contributed by atoms with Crippen LogP contribution in [0.4, 0.5) is 8.78 Å². The molecule has 0 heterocycles. The predicted octanol–water partition coefficient (Wildman–Crippen LogP) is 1.20. The highest BCUT2D eigenvalue weighted by Crippen LogP contribution is 2.58. The molecule has 0 aromatic heterocycles. The van der Waals surface area contributed by atoms with Crippen LogP contribution >= 0.6 is 0 Å². The number of hydrogen-bond donors (Lipinski definition) is 2. The van der Waals surface area contributed by atoms with Gasteiger partial charge >= 0.3 is 21.3 Å². The maximum atomic E-state index is 13.1. The Morgan fingerprint density at radius 2 is 1.77 bits per heavy atom. The molecule has 2 N–H and O–H groups in total. The van der Waals surface area contributed by atoms with Crippen molar-refractivity contribution < 1.29 is 36.4 Å². The topological polar surface area (TPSA) is 101 Å². The Kier molecular flexibility index (Phi) is 3.54. The van der Waals surface area contributed by atoms with E-state index in [-0.39, 0.29) is 24.4 Å². The van der Waals surface area contributed by atoms with E-state index in [1.165, 1.54) is 0 Å². The van der Waals surface area contributed by atoms with Gasteiger partial charge in [-0.3, -0.25) is 4.55 Å². The molecule has 0 aliphatic heterocycles. The van der Waals surface area contributed by atoms with Crippen LogP contribution in [0.3, 0.4) is 0 Å². The fourth-order valence-corrected chi connectivity index (χ4v) is 4.99. The summed E-state index contributed by atoms with van der Waals surface area (Å²) in [5.41, 5.74) is -0.685. The smallest absolute Gasteiger partial charge is 0.460 e. The Morgan fingerprint density at radius 3 is 2.23 bits per heavy atom. The van der Waals surface area contributed by atoms with E-state index in [1.807, 2.05) is 0 Å². The molecule has 22 heavy (non-hydrogen) atoms. The second-order valence-corrected chi connectivity index (χ2v) is 8.41. The van der Waals surface area contributed by atoms with E-state index < -0.39 is 26.9 Å². The first-order valence-corrected chi connectivity index (χ1v) is 8.70. The fraction of sp³-hybridized carbons (Fsp3) is 0.923. The predicted molar refractivity (Wildman–Crippen MR) is 69.4 cm³/mol. The van der Waals surface area contributed by atoms with Crippen LogP contribution in [0.25, 0.3) is 0 Å². The maximum Gasteiger partial charge on any atom is 0.465 e. The second kappa shape index (κ2) is 4.85. The lowest BCUT2D eigenvalue weighted by Crippen LogP contribution is -2.55. The molecule has 2 unspecified atom stereocenters. The van der Waals surface area contributed by atoms with Crippen molar-refractivity contribution in [2.45, 2.75) is 43.0 Å². The Balaban J connectivity index is 1.65. The van der Waals surface area contributed by atoms with Crippen molar-refractivity contribution in [3.8, 4) is 0 Å². The van der Waals surface area contributed by atoms with Gasteiger partial charge in [0.25, 0.3) is 0 Å². The van der Waals surface area contributed by atoms with Crippen LogP contribution in [0.5, 0.6) is 0 Å². The highest BCUT2D eigenvalue weighted by atomic mass is 32.2. The first-order chi connectivity index (χ1) is 10.0. The molecule has 0 saturated heterocycles. The molecular weight excluding hydrogens is 322 g/mol. The summed E-state index contributed by atoms with van der Waals surface area (Å²) in [7, 11) is -5.83. The van der Waals surface area contributed by atoms with Gasteiger partial charge in [-0.1, -0.05) is 0 Å². The summed E-state index contributed by atoms with van der Waals surface area (Å²) in [5.74, 6) is -1.76. The van der Waals surface area contributed by atoms with Crippen LogP contribution in [-0.2, 0) is 19.6 Å². The van der Waals surface area contributed by atoms with Gasteiger partial charge in [0.05, 0.1) is 12.2 Å². The highest BCUT2D eigenvalue weighted by Gasteiger charge is 2.57. The van der Waals surface area contributed by atoms with Crippen molar-refractivity contribution in [2.24, 2.45) is 23.7 Å². The van der Waals surface area contributed by atoms with E-state index in [9.17, 15) is 27.1 Å². The van der Waals surface area contributed by atoms with E-state index in [0.29, 0.717) is 18.8 Å². The molecule has 0 aromatic carbocycles. The number of carbonyl (C=O) groups is 1. The molecule has 4 aliphatic carbocycles. The summed E-state index contributed by atoms with van der Waals surface area (Å²) in [6.45, 7) is -0.303. The molecule has 4 aliphatic rings. The van der Waals surface area contributed by atoms with Gasteiger partial charge in [-0.2, -0.15) is 17.2 Å². The van der Waals surface area contributed by atoms with Crippen molar-refractivity contribution >= 4 is 16.1 Å². The quantitative estimate of drug-likeness (QED) is 0.589. The van der Waals surface area contributed by atoms with Crippen molar-refractivity contribution in [1.82, 2.24) is 0 Å². The molecule has 0 aromatic rings. The number of alkyl halides is 2. The van der Waals surface area contributed by atoms with Crippen molar-refractivity contribution in [1.29, 1.82) is 0 Å². The SMILES string of the molecule is O=C(OCC1C2CC3CC1CC(O)(C3)C2)C(F)(F)S(=O)(=O)O. The lowest BCUT2D eigenvalue weighted by atomic mass is 9.50. The highest BCUT2D eigenvalue weighted by molar-refractivity contribution is 7.87. The zero-order valence-corrected chi connectivity index (χ0v) is 12.6. The third kappa shape index (κ3) is 2.52. The largest absolute Gasteiger partial charge is 0.465 e. The zero-order chi connectivity index (χ0) is 16.3. The fourth-order valence-electron chi connectivity index (χ4n) is 4.72. The van der Waals surface area contributed by atoms with Gasteiger partial charge in [0.2, 0.25) is 0 Å². The summed E-state index contributed by atoms with van der Waals surface area (Å²) in [6.07, 6.45) is 3.65. The van der Waals surface area contributed by atoms with Crippen LogP contribution in [0.2, 0.25) is 0 Å². The van der Waals surface area contributed by atoms with Crippen molar-refractivity contribution in [3.05, 3.63) is 0 Å². The summed E-state index contributed by atoms with van der Waals surface area (Å²) in [4.78, 5) is 11.2. The Labute approximate surface area is 126 Å². The molecule has 6 nitrogen and oxygen atoms in total. The summed E-state index contributed by atoms with van der Waals surface area (Å²) >= 11 is 0. The average Bonchev–Trinajstić information content (AvgIpc) is 2.34. The number of esters is 1. The van der Waals surface area contributed by atoms with Gasteiger partial charge in [0, 0.05) is 0 Å². The van der Waals surface area contributed by atoms with E-state index in [4.69, 9.17) is 4.55 Å². The average molecular weight is 340 g/mol. The van der Waals surface area contributed by atoms with Crippen LogP contribution in [0, 0.1) is 23.7 Å². The van der Waals surface area contributed by atoms with Crippen LogP contribution in [-0.4, -0.2) is 41.5 Å². The molecule has 4 bridgehead atoms. The zero-order valence-electron chi connectivity index (χ0n) is 11.7. The summed E-state index contributed by atoms with van der Waals surface area (Å²) < 4.78 is 60.2. The van der Waals surface area contributed by atoms with Gasteiger partial charge in [-0.15, -0.1) is 0 Å². The van der Waals surface area contributed by atoms with Gasteiger partial charge in [-0.25, -0.2) is 4.79 Å². The van der Waals surface area contributed by atoms with E-state index in [1.54, 1.807) is 0 Å². The minimum absolute atomic E-state index is 0.100. The Bertz CT molecular complexity index is 573. The van der Waals surface area contributed by atoms with Gasteiger partial charge in [0.1, 0.15) is 0 Å². The summed E-state index contributed by atoms with van der Waals surface area (Å²) in [6, 6.07) is 0. The first-order valence-electron chi connectivity index (χ1n) is 7.26. The van der Waals surface area contributed by atoms with Gasteiger partial charge in [0.15, 0.2) is 0 Å². The molecule has 9 heteroatoms. The standard InChI is InChI=1S/C13H18F2O6S/c14-13(15,22(18,19)20)11(16)21-6-10-8-1-7-2-9(10)5-12(17,3-7)4-8/h7-10,17H,1-6H2,(H,18,19,20). The van der Waals surface area contributed by atoms with Crippen molar-refractivity contribution in [3.63, 3.8) is 0 Å². The van der Waals surface area contributed by atoms with Crippen LogP contribution in [0.15, 0.2) is 0 Å². The van der Waals surface area contributed by atoms with E-state index in [2.05, 4.69) is 4.74 Å². The molecule has 4 rings (SSSR count). The number of ether oxygens (including phenoxy) is 1. The van der Waals surface area contributed by atoms with Crippen LogP contribution in [0.1, 0.15) is 32.1 Å². The van der Waals surface area contributed by atoms with Gasteiger partial charge in [-0.05, 0) is 55.8 Å². The number of carbonyl (C=O) groups excluding carboxylic acids is 1. The minimum atomic E-state index is -5.83. The lowest BCUT2D eigenvalue weighted by molar-refractivity contribution is -0.179. The first kappa shape index (κ1) is 16.1. The number of hydrogen-bond acceptors (Lipinski definition) is 5. The third-order valence-corrected chi connectivity index (χ3v) is 6.22. The molecule has 0 radical (unpaired) electrons. The minimum Gasteiger partial charge on any atom is -0.460 e.